The van der Waals surface area contributed by atoms with Gasteiger partial charge in [0.1, 0.15) is 0 Å². The number of hydrogen-bond acceptors (Lipinski definition) is 2. The number of rotatable bonds is 3. The molecule has 7 aromatic carbocycles. The molecule has 2 aliphatic carbocycles. The predicted octanol–water partition coefficient (Wildman–Crippen LogP) is 13.9. The third kappa shape index (κ3) is 4.50. The molecule has 2 heteroatoms. The molecular weight excluding hydrogens is 629 g/mol. The summed E-state index contributed by atoms with van der Waals surface area (Å²) in [5.41, 5.74) is 19.1. The largest absolute Gasteiger partial charge is 0.306 e. The topological polar surface area (TPSA) is 6.48 Å². The molecule has 0 saturated carbocycles. The molecule has 52 heavy (non-hydrogen) atoms. The number of hydrogen-bond donors (Lipinski definition) is 0. The Bertz CT molecular complexity index is 2570. The van der Waals surface area contributed by atoms with Crippen molar-refractivity contribution in [2.24, 2.45) is 0 Å². The normalized spacial score (nSPS) is 14.9. The van der Waals surface area contributed by atoms with Crippen molar-refractivity contribution in [1.29, 1.82) is 0 Å². The maximum Gasteiger partial charge on any atom is 0.0703 e. The molecule has 0 saturated heterocycles. The zero-order chi connectivity index (χ0) is 35.4. The van der Waals surface area contributed by atoms with Crippen molar-refractivity contribution in [3.63, 3.8) is 0 Å². The van der Waals surface area contributed by atoms with E-state index in [-0.39, 0.29) is 10.8 Å². The number of allylic oxidation sites excluding steroid dienone is 1. The molecule has 0 spiro atoms. The summed E-state index contributed by atoms with van der Waals surface area (Å²) in [7, 11) is 0. The SMILES string of the molecule is CC(C)(C)c1ccc(N2c3ccccc3N(c3ccc4c(c3)C(C)(C)c3cc(-c5ccc6c7c(cccc57)CC=C6)ccc3-4)c3ccccc32)cc1. The minimum Gasteiger partial charge on any atom is -0.306 e. The molecule has 0 aromatic heterocycles. The molecule has 0 fully saturated rings. The summed E-state index contributed by atoms with van der Waals surface area (Å²) >= 11 is 0. The zero-order valence-corrected chi connectivity index (χ0v) is 30.5. The fraction of sp³-hybridized carbons (Fsp3) is 0.160. The Morgan fingerprint density at radius 2 is 1.12 bits per heavy atom. The molecule has 252 valence electrons. The maximum absolute atomic E-state index is 2.46. The molecule has 7 aromatic rings. The van der Waals surface area contributed by atoms with Gasteiger partial charge in [-0.3, -0.25) is 0 Å². The second-order valence-electron chi connectivity index (χ2n) is 16.2. The molecule has 0 N–H and O–H groups in total. The van der Waals surface area contributed by atoms with E-state index in [0.29, 0.717) is 0 Å². The quantitative estimate of drug-likeness (QED) is 0.185. The first-order valence-corrected chi connectivity index (χ1v) is 18.6. The Kier molecular flexibility index (Phi) is 6.58. The highest BCUT2D eigenvalue weighted by Crippen LogP contribution is 2.56. The molecule has 0 radical (unpaired) electrons. The van der Waals surface area contributed by atoms with Crippen LogP contribution in [0.1, 0.15) is 62.4 Å². The summed E-state index contributed by atoms with van der Waals surface area (Å²) < 4.78 is 0. The fourth-order valence-electron chi connectivity index (χ4n) is 9.03. The first kappa shape index (κ1) is 30.9. The van der Waals surface area contributed by atoms with Gasteiger partial charge in [0, 0.05) is 16.8 Å². The van der Waals surface area contributed by atoms with Gasteiger partial charge in [-0.2, -0.15) is 0 Å². The van der Waals surface area contributed by atoms with Gasteiger partial charge in [0.15, 0.2) is 0 Å². The monoisotopic (exact) mass is 670 g/mol. The van der Waals surface area contributed by atoms with E-state index in [2.05, 4.69) is 196 Å². The van der Waals surface area contributed by atoms with Crippen LogP contribution in [0.25, 0.3) is 39.1 Å². The Balaban J connectivity index is 1.07. The third-order valence-corrected chi connectivity index (χ3v) is 11.7. The van der Waals surface area contributed by atoms with E-state index in [9.17, 15) is 0 Å². The average molecular weight is 671 g/mol. The second kappa shape index (κ2) is 11.1. The van der Waals surface area contributed by atoms with E-state index >= 15 is 0 Å². The maximum atomic E-state index is 2.46. The van der Waals surface area contributed by atoms with Gasteiger partial charge in [-0.05, 0) is 127 Å². The van der Waals surface area contributed by atoms with Crippen molar-refractivity contribution in [3.05, 3.63) is 173 Å². The van der Waals surface area contributed by atoms with Gasteiger partial charge >= 0.3 is 0 Å². The van der Waals surface area contributed by atoms with Gasteiger partial charge in [-0.1, -0.05) is 132 Å². The van der Waals surface area contributed by atoms with Gasteiger partial charge < -0.3 is 9.80 Å². The Morgan fingerprint density at radius 1 is 0.538 bits per heavy atom. The van der Waals surface area contributed by atoms with Gasteiger partial charge in [-0.15, -0.1) is 0 Å². The van der Waals surface area contributed by atoms with Crippen LogP contribution < -0.4 is 9.80 Å². The Labute approximate surface area is 307 Å². The van der Waals surface area contributed by atoms with Crippen molar-refractivity contribution < 1.29 is 0 Å². The standard InChI is InChI=1S/C50H42N2/c1-49(2,3)35-22-24-36(25-23-35)51-44-16-6-8-18-46(44)52(47-19-9-7-17-45(47)51)37-26-29-40-39-28-21-34(30-42(39)50(4,5)43(40)31-37)38-27-20-33-13-10-12-32-14-11-15-41(38)48(32)33/h6-11,13-31H,12H2,1-5H3. The summed E-state index contributed by atoms with van der Waals surface area (Å²) in [5.74, 6) is 0. The lowest BCUT2D eigenvalue weighted by molar-refractivity contribution is 0.590. The molecule has 10 rings (SSSR count). The molecule has 0 amide bonds. The molecular formula is C50H42N2. The van der Waals surface area contributed by atoms with Gasteiger partial charge in [0.2, 0.25) is 0 Å². The second-order valence-corrected chi connectivity index (χ2v) is 16.2. The molecule has 0 atom stereocenters. The van der Waals surface area contributed by atoms with E-state index in [1.165, 1.54) is 95.0 Å². The van der Waals surface area contributed by atoms with Crippen LogP contribution in [-0.4, -0.2) is 0 Å². The minimum atomic E-state index is -0.165. The smallest absolute Gasteiger partial charge is 0.0703 e. The number of fused-ring (bicyclic) bond motifs is 5. The summed E-state index contributed by atoms with van der Waals surface area (Å²) in [6, 6.07) is 52.5. The zero-order valence-electron chi connectivity index (χ0n) is 30.5. The fourth-order valence-corrected chi connectivity index (χ4v) is 9.03. The van der Waals surface area contributed by atoms with Crippen LogP contribution >= 0.6 is 0 Å². The van der Waals surface area contributed by atoms with Crippen LogP contribution in [0.2, 0.25) is 0 Å². The first-order chi connectivity index (χ1) is 25.2. The summed E-state index contributed by atoms with van der Waals surface area (Å²) in [5, 5.41) is 2.74. The molecule has 0 unspecified atom stereocenters. The lowest BCUT2D eigenvalue weighted by atomic mass is 9.81. The van der Waals surface area contributed by atoms with E-state index in [0.717, 1.165) is 6.42 Å². The van der Waals surface area contributed by atoms with E-state index in [1.54, 1.807) is 0 Å². The molecule has 2 nitrogen and oxygen atoms in total. The van der Waals surface area contributed by atoms with Crippen molar-refractivity contribution >= 4 is 51.0 Å². The van der Waals surface area contributed by atoms with Gasteiger partial charge in [0.25, 0.3) is 0 Å². The highest BCUT2D eigenvalue weighted by atomic mass is 15.3. The van der Waals surface area contributed by atoms with Crippen LogP contribution in [0.3, 0.4) is 0 Å². The summed E-state index contributed by atoms with van der Waals surface area (Å²) in [4.78, 5) is 4.87. The highest BCUT2D eigenvalue weighted by molar-refractivity contribution is 6.05. The van der Waals surface area contributed by atoms with E-state index < -0.39 is 0 Å². The molecule has 3 aliphatic rings. The van der Waals surface area contributed by atoms with Crippen LogP contribution in [0.15, 0.2) is 146 Å². The van der Waals surface area contributed by atoms with Crippen molar-refractivity contribution in [2.75, 3.05) is 9.80 Å². The average Bonchev–Trinajstić information content (AvgIpc) is 3.38. The molecule has 0 bridgehead atoms. The Morgan fingerprint density at radius 3 is 1.77 bits per heavy atom. The third-order valence-electron chi connectivity index (χ3n) is 11.7. The lowest BCUT2D eigenvalue weighted by Crippen LogP contribution is -2.24. The van der Waals surface area contributed by atoms with Crippen LogP contribution in [0.5, 0.6) is 0 Å². The van der Waals surface area contributed by atoms with Crippen molar-refractivity contribution in [2.45, 2.75) is 51.9 Å². The lowest BCUT2D eigenvalue weighted by Gasteiger charge is -2.40. The van der Waals surface area contributed by atoms with E-state index in [4.69, 9.17) is 0 Å². The number of anilines is 6. The van der Waals surface area contributed by atoms with Gasteiger partial charge in [-0.25, -0.2) is 0 Å². The molecule has 1 aliphatic heterocycles. The van der Waals surface area contributed by atoms with Gasteiger partial charge in [0.05, 0.1) is 22.7 Å². The van der Waals surface area contributed by atoms with Crippen LogP contribution in [0.4, 0.5) is 34.1 Å². The Hall–Kier alpha value is -5.86. The summed E-state index contributed by atoms with van der Waals surface area (Å²) in [6.07, 6.45) is 5.56. The molecule has 1 heterocycles. The van der Waals surface area contributed by atoms with Crippen molar-refractivity contribution in [3.8, 4) is 22.3 Å². The number of benzene rings is 7. The minimum absolute atomic E-state index is 0.101. The number of nitrogens with zero attached hydrogens (tertiary/aromatic N) is 2. The predicted molar refractivity (Wildman–Crippen MR) is 221 cm³/mol. The first-order valence-electron chi connectivity index (χ1n) is 18.6. The number of para-hydroxylation sites is 4. The highest BCUT2D eigenvalue weighted by Gasteiger charge is 2.38. The van der Waals surface area contributed by atoms with Crippen LogP contribution in [0, 0.1) is 0 Å². The van der Waals surface area contributed by atoms with E-state index in [1.807, 2.05) is 0 Å². The summed E-state index contributed by atoms with van der Waals surface area (Å²) in [6.45, 7) is 11.6. The van der Waals surface area contributed by atoms with Crippen LogP contribution in [-0.2, 0) is 17.3 Å². The van der Waals surface area contributed by atoms with Crippen molar-refractivity contribution in [1.82, 2.24) is 0 Å².